The van der Waals surface area contributed by atoms with E-state index in [1.807, 2.05) is 0 Å². The molecule has 1 aromatic carbocycles. The van der Waals surface area contributed by atoms with E-state index < -0.39 is 0 Å². The predicted molar refractivity (Wildman–Crippen MR) is 60.9 cm³/mol. The average Bonchev–Trinajstić information content (AvgIpc) is 2.66. The van der Waals surface area contributed by atoms with Crippen molar-refractivity contribution in [2.24, 2.45) is 0 Å². The van der Waals surface area contributed by atoms with Gasteiger partial charge in [-0.25, -0.2) is 4.98 Å². The SMILES string of the molecule is CC(=O)c1nc(-c2ccc(O)cc2O)cs1. The van der Waals surface area contributed by atoms with Gasteiger partial charge in [0.25, 0.3) is 0 Å². The zero-order valence-electron chi connectivity index (χ0n) is 8.47. The monoisotopic (exact) mass is 235 g/mol. The molecule has 1 heterocycles. The molecule has 0 radical (unpaired) electrons. The van der Waals surface area contributed by atoms with Crippen LogP contribution in [-0.2, 0) is 0 Å². The first-order valence-electron chi connectivity index (χ1n) is 4.57. The quantitative estimate of drug-likeness (QED) is 0.784. The van der Waals surface area contributed by atoms with E-state index in [-0.39, 0.29) is 17.3 Å². The molecule has 16 heavy (non-hydrogen) atoms. The van der Waals surface area contributed by atoms with Crippen LogP contribution in [0.2, 0.25) is 0 Å². The lowest BCUT2D eigenvalue weighted by Crippen LogP contribution is -1.89. The molecule has 0 aliphatic carbocycles. The van der Waals surface area contributed by atoms with E-state index in [2.05, 4.69) is 4.98 Å². The Morgan fingerprint density at radius 1 is 1.38 bits per heavy atom. The van der Waals surface area contributed by atoms with Crippen molar-refractivity contribution in [2.75, 3.05) is 0 Å². The third-order valence-corrected chi connectivity index (χ3v) is 3.01. The van der Waals surface area contributed by atoms with Crippen LogP contribution in [0.15, 0.2) is 23.6 Å². The predicted octanol–water partition coefficient (Wildman–Crippen LogP) is 2.42. The van der Waals surface area contributed by atoms with Gasteiger partial charge in [0.15, 0.2) is 10.8 Å². The smallest absolute Gasteiger partial charge is 0.188 e. The summed E-state index contributed by atoms with van der Waals surface area (Å²) in [6.45, 7) is 1.44. The molecule has 2 aromatic rings. The fourth-order valence-electron chi connectivity index (χ4n) is 1.30. The Labute approximate surface area is 95.8 Å². The third kappa shape index (κ3) is 1.90. The number of aromatic nitrogens is 1. The summed E-state index contributed by atoms with van der Waals surface area (Å²) in [5.74, 6) is -0.168. The fourth-order valence-corrected chi connectivity index (χ4v) is 2.02. The molecule has 0 aliphatic heterocycles. The summed E-state index contributed by atoms with van der Waals surface area (Å²) in [5, 5.41) is 20.9. The van der Waals surface area contributed by atoms with E-state index in [0.717, 1.165) is 0 Å². The van der Waals surface area contributed by atoms with Gasteiger partial charge in [-0.1, -0.05) is 0 Å². The van der Waals surface area contributed by atoms with Gasteiger partial charge in [0.2, 0.25) is 0 Å². The molecule has 4 nitrogen and oxygen atoms in total. The van der Waals surface area contributed by atoms with Gasteiger partial charge in [0.05, 0.1) is 5.69 Å². The van der Waals surface area contributed by atoms with Crippen molar-refractivity contribution >= 4 is 17.1 Å². The van der Waals surface area contributed by atoms with Crippen LogP contribution in [0.5, 0.6) is 11.5 Å². The van der Waals surface area contributed by atoms with Crippen LogP contribution in [0.1, 0.15) is 16.7 Å². The lowest BCUT2D eigenvalue weighted by Gasteiger charge is -2.01. The highest BCUT2D eigenvalue weighted by atomic mass is 32.1. The minimum Gasteiger partial charge on any atom is -0.508 e. The number of carbonyl (C=O) groups is 1. The minimum absolute atomic E-state index is 0.0109. The van der Waals surface area contributed by atoms with Gasteiger partial charge in [0.1, 0.15) is 11.5 Å². The number of Topliss-reactive ketones (excluding diaryl/α,β-unsaturated/α-hetero) is 1. The maximum absolute atomic E-state index is 11.1. The van der Waals surface area contributed by atoms with Crippen molar-refractivity contribution in [2.45, 2.75) is 6.92 Å². The molecule has 0 fully saturated rings. The Morgan fingerprint density at radius 3 is 2.69 bits per heavy atom. The maximum atomic E-state index is 11.1. The Hall–Kier alpha value is -1.88. The second-order valence-electron chi connectivity index (χ2n) is 3.30. The van der Waals surface area contributed by atoms with Crippen LogP contribution in [0.4, 0.5) is 0 Å². The highest BCUT2D eigenvalue weighted by Crippen LogP contribution is 2.32. The van der Waals surface area contributed by atoms with Gasteiger partial charge in [-0.05, 0) is 12.1 Å². The number of phenolic OH excluding ortho intramolecular Hbond substituents is 2. The summed E-state index contributed by atoms with van der Waals surface area (Å²) >= 11 is 1.23. The van der Waals surface area contributed by atoms with Gasteiger partial charge in [-0.2, -0.15) is 0 Å². The van der Waals surface area contributed by atoms with Crippen molar-refractivity contribution in [1.29, 1.82) is 0 Å². The average molecular weight is 235 g/mol. The Morgan fingerprint density at radius 2 is 2.12 bits per heavy atom. The molecule has 0 unspecified atom stereocenters. The molecule has 1 aromatic heterocycles. The van der Waals surface area contributed by atoms with Gasteiger partial charge < -0.3 is 10.2 Å². The van der Waals surface area contributed by atoms with Crippen molar-refractivity contribution < 1.29 is 15.0 Å². The van der Waals surface area contributed by atoms with Crippen LogP contribution in [0.25, 0.3) is 11.3 Å². The molecule has 2 N–H and O–H groups in total. The molecule has 0 amide bonds. The normalized spacial score (nSPS) is 10.3. The van der Waals surface area contributed by atoms with Crippen LogP contribution in [0, 0.1) is 0 Å². The molecule has 82 valence electrons. The van der Waals surface area contributed by atoms with Crippen LogP contribution in [0.3, 0.4) is 0 Å². The van der Waals surface area contributed by atoms with Crippen molar-refractivity contribution in [3.63, 3.8) is 0 Å². The van der Waals surface area contributed by atoms with E-state index in [4.69, 9.17) is 5.11 Å². The highest BCUT2D eigenvalue weighted by Gasteiger charge is 2.11. The van der Waals surface area contributed by atoms with Gasteiger partial charge in [-0.3, -0.25) is 4.79 Å². The van der Waals surface area contributed by atoms with Crippen LogP contribution < -0.4 is 0 Å². The summed E-state index contributed by atoms with van der Waals surface area (Å²) in [4.78, 5) is 15.2. The molecule has 5 heteroatoms. The lowest BCUT2D eigenvalue weighted by atomic mass is 10.1. The van der Waals surface area contributed by atoms with Gasteiger partial charge >= 0.3 is 0 Å². The van der Waals surface area contributed by atoms with E-state index in [9.17, 15) is 9.90 Å². The zero-order valence-corrected chi connectivity index (χ0v) is 9.28. The number of phenols is 2. The summed E-state index contributed by atoms with van der Waals surface area (Å²) < 4.78 is 0. The second-order valence-corrected chi connectivity index (χ2v) is 4.15. The largest absolute Gasteiger partial charge is 0.508 e. The molecule has 0 aliphatic rings. The van der Waals surface area contributed by atoms with Crippen LogP contribution >= 0.6 is 11.3 Å². The number of aromatic hydroxyl groups is 2. The second kappa shape index (κ2) is 3.94. The molecule has 0 saturated heterocycles. The summed E-state index contributed by atoms with van der Waals surface area (Å²) in [5.41, 5.74) is 1.04. The molecule has 2 rings (SSSR count). The number of hydrogen-bond acceptors (Lipinski definition) is 5. The molecule has 0 bridgehead atoms. The maximum Gasteiger partial charge on any atom is 0.188 e. The molecular formula is C11H9NO3S. The summed E-state index contributed by atoms with van der Waals surface area (Å²) in [6, 6.07) is 4.26. The number of nitrogens with zero attached hydrogens (tertiary/aromatic N) is 1. The number of hydrogen-bond donors (Lipinski definition) is 2. The first-order chi connectivity index (χ1) is 7.58. The first-order valence-corrected chi connectivity index (χ1v) is 5.44. The molecule has 0 saturated carbocycles. The number of thiazole rings is 1. The standard InChI is InChI=1S/C11H9NO3S/c1-6(13)11-12-9(5-16-11)8-3-2-7(14)4-10(8)15/h2-5,14-15H,1H3. The number of rotatable bonds is 2. The third-order valence-electron chi connectivity index (χ3n) is 2.06. The van der Waals surface area contributed by atoms with Crippen molar-refractivity contribution in [3.8, 4) is 22.8 Å². The van der Waals surface area contributed by atoms with E-state index in [1.54, 1.807) is 11.4 Å². The summed E-state index contributed by atoms with van der Waals surface area (Å²) in [6.07, 6.45) is 0. The number of carbonyl (C=O) groups excluding carboxylic acids is 1. The fraction of sp³-hybridized carbons (Fsp3) is 0.0909. The Bertz CT molecular complexity index is 548. The molecule has 0 spiro atoms. The van der Waals surface area contributed by atoms with E-state index >= 15 is 0 Å². The lowest BCUT2D eigenvalue weighted by molar-refractivity contribution is 0.101. The summed E-state index contributed by atoms with van der Waals surface area (Å²) in [7, 11) is 0. The molecule has 0 atom stereocenters. The Kier molecular flexibility index (Phi) is 2.62. The molecular weight excluding hydrogens is 226 g/mol. The first kappa shape index (κ1) is 10.6. The number of ketones is 1. The van der Waals surface area contributed by atoms with E-state index in [0.29, 0.717) is 16.3 Å². The van der Waals surface area contributed by atoms with Crippen molar-refractivity contribution in [3.05, 3.63) is 28.6 Å². The van der Waals surface area contributed by atoms with E-state index in [1.165, 1.54) is 30.4 Å². The Balaban J connectivity index is 2.46. The minimum atomic E-state index is -0.102. The van der Waals surface area contributed by atoms with Gasteiger partial charge in [-0.15, -0.1) is 11.3 Å². The van der Waals surface area contributed by atoms with Crippen molar-refractivity contribution in [1.82, 2.24) is 4.98 Å². The highest BCUT2D eigenvalue weighted by molar-refractivity contribution is 7.12. The van der Waals surface area contributed by atoms with Gasteiger partial charge in [0, 0.05) is 23.9 Å². The number of benzene rings is 1. The topological polar surface area (TPSA) is 70.4 Å². The van der Waals surface area contributed by atoms with Crippen LogP contribution in [-0.4, -0.2) is 21.0 Å². The zero-order chi connectivity index (χ0) is 11.7.